The van der Waals surface area contributed by atoms with Gasteiger partial charge in [-0.2, -0.15) is 9.40 Å². The summed E-state index contributed by atoms with van der Waals surface area (Å²) in [7, 11) is -3.71. The summed E-state index contributed by atoms with van der Waals surface area (Å²) in [5, 5.41) is 7.19. The van der Waals surface area contributed by atoms with E-state index in [2.05, 4.69) is 10.4 Å². The summed E-state index contributed by atoms with van der Waals surface area (Å²) in [5.41, 5.74) is 2.33. The Morgan fingerprint density at radius 3 is 2.59 bits per heavy atom. The highest BCUT2D eigenvalue weighted by Crippen LogP contribution is 2.31. The van der Waals surface area contributed by atoms with Crippen molar-refractivity contribution < 1.29 is 17.9 Å². The number of rotatable bonds is 9. The molecule has 1 aliphatic rings. The summed E-state index contributed by atoms with van der Waals surface area (Å²) < 4.78 is 35.4. The zero-order valence-corrected chi connectivity index (χ0v) is 20.1. The van der Waals surface area contributed by atoms with Crippen LogP contribution in [0, 0.1) is 0 Å². The Kier molecular flexibility index (Phi) is 7.64. The van der Waals surface area contributed by atoms with Crippen molar-refractivity contribution in [2.75, 3.05) is 25.0 Å². The standard InChI is InChI=1S/C25H30N4O4S/c1-2-33-23-13-12-21(17-24(23)34(31,32)28-15-7-4-8-16-28)27-25(30)14-11-20-18-26-29(19-20)22-9-5-3-6-10-22/h3,5-6,9-10,12-13,17-19H,2,4,7-8,11,14-16H2,1H3,(H,27,30). The number of anilines is 1. The van der Waals surface area contributed by atoms with Gasteiger partial charge in [-0.3, -0.25) is 4.79 Å². The third-order valence-electron chi connectivity index (χ3n) is 5.76. The minimum atomic E-state index is -3.71. The molecule has 0 aliphatic carbocycles. The molecule has 4 rings (SSSR count). The van der Waals surface area contributed by atoms with Gasteiger partial charge < -0.3 is 10.1 Å². The smallest absolute Gasteiger partial charge is 0.246 e. The van der Waals surface area contributed by atoms with Crippen LogP contribution in [0.3, 0.4) is 0 Å². The number of ether oxygens (including phenoxy) is 1. The molecule has 0 spiro atoms. The molecule has 2 aromatic carbocycles. The maximum atomic E-state index is 13.3. The van der Waals surface area contributed by atoms with Gasteiger partial charge in [-0.05, 0) is 62.1 Å². The van der Waals surface area contributed by atoms with Gasteiger partial charge in [0.2, 0.25) is 15.9 Å². The maximum Gasteiger partial charge on any atom is 0.246 e. The van der Waals surface area contributed by atoms with E-state index in [0.717, 1.165) is 30.5 Å². The number of carbonyl (C=O) groups is 1. The van der Waals surface area contributed by atoms with Gasteiger partial charge >= 0.3 is 0 Å². The van der Waals surface area contributed by atoms with E-state index < -0.39 is 10.0 Å². The monoisotopic (exact) mass is 482 g/mol. The summed E-state index contributed by atoms with van der Waals surface area (Å²) in [6.07, 6.45) is 7.16. The van der Waals surface area contributed by atoms with Gasteiger partial charge in [0.15, 0.2) is 0 Å². The minimum Gasteiger partial charge on any atom is -0.492 e. The van der Waals surface area contributed by atoms with E-state index in [1.807, 2.05) is 43.5 Å². The second-order valence-corrected chi connectivity index (χ2v) is 10.1. The van der Waals surface area contributed by atoms with Crippen LogP contribution in [0.2, 0.25) is 0 Å². The minimum absolute atomic E-state index is 0.0955. The Bertz CT molecular complexity index is 1220. The van der Waals surface area contributed by atoms with Gasteiger partial charge in [-0.15, -0.1) is 0 Å². The molecule has 0 bridgehead atoms. The fraction of sp³-hybridized carbons (Fsp3) is 0.360. The van der Waals surface area contributed by atoms with Crippen LogP contribution in [-0.4, -0.2) is 48.1 Å². The Balaban J connectivity index is 1.43. The third kappa shape index (κ3) is 5.66. The number of nitrogens with one attached hydrogen (secondary N) is 1. The SMILES string of the molecule is CCOc1ccc(NC(=O)CCc2cnn(-c3ccccc3)c2)cc1S(=O)(=O)N1CCCCC1. The van der Waals surface area contributed by atoms with Crippen LogP contribution >= 0.6 is 0 Å². The van der Waals surface area contributed by atoms with Crippen molar-refractivity contribution in [3.05, 3.63) is 66.5 Å². The highest BCUT2D eigenvalue weighted by Gasteiger charge is 2.29. The maximum absolute atomic E-state index is 13.3. The molecule has 34 heavy (non-hydrogen) atoms. The topological polar surface area (TPSA) is 93.5 Å². The van der Waals surface area contributed by atoms with Gasteiger partial charge in [-0.25, -0.2) is 13.1 Å². The van der Waals surface area contributed by atoms with Gasteiger partial charge in [0.1, 0.15) is 10.6 Å². The second-order valence-electron chi connectivity index (χ2n) is 8.24. The average Bonchev–Trinajstić information content (AvgIpc) is 3.34. The third-order valence-corrected chi connectivity index (χ3v) is 7.68. The lowest BCUT2D eigenvalue weighted by molar-refractivity contribution is -0.116. The lowest BCUT2D eigenvalue weighted by atomic mass is 10.2. The van der Waals surface area contributed by atoms with E-state index in [1.165, 1.54) is 10.4 Å². The van der Waals surface area contributed by atoms with E-state index in [0.29, 0.717) is 37.6 Å². The number of aryl methyl sites for hydroxylation is 1. The van der Waals surface area contributed by atoms with Crippen molar-refractivity contribution in [1.82, 2.24) is 14.1 Å². The molecular formula is C25H30N4O4S. The van der Waals surface area contributed by atoms with E-state index >= 15 is 0 Å². The predicted octanol–water partition coefficient (Wildman–Crippen LogP) is 4.02. The van der Waals surface area contributed by atoms with Crippen molar-refractivity contribution in [1.29, 1.82) is 0 Å². The number of amides is 1. The zero-order valence-electron chi connectivity index (χ0n) is 19.3. The van der Waals surface area contributed by atoms with E-state index in [1.54, 1.807) is 23.0 Å². The highest BCUT2D eigenvalue weighted by atomic mass is 32.2. The van der Waals surface area contributed by atoms with Crippen LogP contribution in [0.5, 0.6) is 5.75 Å². The lowest BCUT2D eigenvalue weighted by Gasteiger charge is -2.27. The largest absolute Gasteiger partial charge is 0.492 e. The van der Waals surface area contributed by atoms with Crippen molar-refractivity contribution in [3.8, 4) is 11.4 Å². The molecule has 180 valence electrons. The van der Waals surface area contributed by atoms with Crippen LogP contribution in [0.1, 0.15) is 38.2 Å². The van der Waals surface area contributed by atoms with E-state index in [4.69, 9.17) is 4.74 Å². The van der Waals surface area contributed by atoms with Crippen LogP contribution in [0.15, 0.2) is 65.8 Å². The number of nitrogens with zero attached hydrogens (tertiary/aromatic N) is 3. The molecule has 3 aromatic rings. The number of benzene rings is 2. The number of aromatic nitrogens is 2. The average molecular weight is 483 g/mol. The van der Waals surface area contributed by atoms with Crippen molar-refractivity contribution in [3.63, 3.8) is 0 Å². The fourth-order valence-electron chi connectivity index (χ4n) is 4.00. The Morgan fingerprint density at radius 1 is 1.09 bits per heavy atom. The zero-order chi connectivity index (χ0) is 24.0. The summed E-state index contributed by atoms with van der Waals surface area (Å²) in [6.45, 7) is 3.17. The molecule has 9 heteroatoms. The first-order valence-corrected chi connectivity index (χ1v) is 13.1. The number of sulfonamides is 1. The van der Waals surface area contributed by atoms with Crippen LogP contribution < -0.4 is 10.1 Å². The van der Waals surface area contributed by atoms with E-state index in [-0.39, 0.29) is 17.2 Å². The normalized spacial score (nSPS) is 14.6. The molecular weight excluding hydrogens is 452 g/mol. The predicted molar refractivity (Wildman–Crippen MR) is 131 cm³/mol. The quantitative estimate of drug-likeness (QED) is 0.497. The molecule has 0 unspecified atom stereocenters. The molecule has 1 aromatic heterocycles. The number of para-hydroxylation sites is 1. The molecule has 0 radical (unpaired) electrons. The summed E-state index contributed by atoms with van der Waals surface area (Å²) in [5.74, 6) is 0.109. The van der Waals surface area contributed by atoms with Crippen LogP contribution in [0.25, 0.3) is 5.69 Å². The lowest BCUT2D eigenvalue weighted by Crippen LogP contribution is -2.35. The van der Waals surface area contributed by atoms with Gasteiger partial charge in [0, 0.05) is 31.4 Å². The molecule has 1 N–H and O–H groups in total. The van der Waals surface area contributed by atoms with Crippen LogP contribution in [-0.2, 0) is 21.2 Å². The molecule has 1 fully saturated rings. The summed E-state index contributed by atoms with van der Waals surface area (Å²) in [6, 6.07) is 14.5. The molecule has 1 amide bonds. The first-order valence-electron chi connectivity index (χ1n) is 11.6. The highest BCUT2D eigenvalue weighted by molar-refractivity contribution is 7.89. The summed E-state index contributed by atoms with van der Waals surface area (Å²) >= 11 is 0. The second kappa shape index (κ2) is 10.8. The molecule has 0 atom stereocenters. The molecule has 0 saturated carbocycles. The Labute approximate surface area is 200 Å². The molecule has 2 heterocycles. The molecule has 1 saturated heterocycles. The van der Waals surface area contributed by atoms with E-state index in [9.17, 15) is 13.2 Å². The number of piperidine rings is 1. The van der Waals surface area contributed by atoms with Gasteiger partial charge in [0.05, 0.1) is 18.5 Å². The fourth-order valence-corrected chi connectivity index (χ4v) is 5.67. The number of hydrogen-bond donors (Lipinski definition) is 1. The van der Waals surface area contributed by atoms with Gasteiger partial charge in [0.25, 0.3) is 0 Å². The van der Waals surface area contributed by atoms with Crippen LogP contribution in [0.4, 0.5) is 5.69 Å². The Hall–Kier alpha value is -3.17. The van der Waals surface area contributed by atoms with Crippen molar-refractivity contribution in [2.24, 2.45) is 0 Å². The van der Waals surface area contributed by atoms with Crippen molar-refractivity contribution in [2.45, 2.75) is 43.9 Å². The first-order chi connectivity index (χ1) is 16.5. The molecule has 8 nitrogen and oxygen atoms in total. The summed E-state index contributed by atoms with van der Waals surface area (Å²) in [4.78, 5) is 12.7. The van der Waals surface area contributed by atoms with Crippen molar-refractivity contribution >= 4 is 21.6 Å². The number of carbonyl (C=O) groups excluding carboxylic acids is 1. The number of hydrogen-bond acceptors (Lipinski definition) is 5. The van der Waals surface area contributed by atoms with Gasteiger partial charge in [-0.1, -0.05) is 24.6 Å². The first kappa shape index (κ1) is 24.0. The Morgan fingerprint density at radius 2 is 1.85 bits per heavy atom. The molecule has 1 aliphatic heterocycles.